The Kier molecular flexibility index (Phi) is 6.62. The number of nitrogens with zero attached hydrogens (tertiary/aromatic N) is 3. The number of carbonyl (C=O) groups excluding carboxylic acids is 2. The minimum absolute atomic E-state index is 0.106. The SMILES string of the molecule is CC(C)OC(=O)c1cccc(N=C2S/C(=C/c3ccc(N(C)C)cc3)C(=O)N2C)c1. The molecule has 3 rings (SSSR count). The summed E-state index contributed by atoms with van der Waals surface area (Å²) < 4.78 is 5.24. The molecular formula is C23H25N3O3S. The molecule has 2 aromatic rings. The number of amidine groups is 1. The highest BCUT2D eigenvalue weighted by atomic mass is 32.2. The zero-order valence-corrected chi connectivity index (χ0v) is 18.6. The zero-order valence-electron chi connectivity index (χ0n) is 17.7. The van der Waals surface area contributed by atoms with Gasteiger partial charge in [-0.05, 0) is 67.6 Å². The number of carbonyl (C=O) groups is 2. The standard InChI is InChI=1S/C23H25N3O3S/c1-15(2)29-22(28)17-7-6-8-18(14-17)24-23-26(5)21(27)20(30-23)13-16-9-11-19(12-10-16)25(3)4/h6-15H,1-5H3/b20-13+,24-23?. The fourth-order valence-corrected chi connectivity index (χ4v) is 3.75. The van der Waals surface area contributed by atoms with E-state index in [0.717, 1.165) is 11.3 Å². The smallest absolute Gasteiger partial charge is 0.338 e. The predicted octanol–water partition coefficient (Wildman–Crippen LogP) is 4.55. The highest BCUT2D eigenvalue weighted by Crippen LogP contribution is 2.33. The minimum Gasteiger partial charge on any atom is -0.459 e. The topological polar surface area (TPSA) is 62.2 Å². The maximum Gasteiger partial charge on any atom is 0.338 e. The molecule has 1 saturated heterocycles. The Morgan fingerprint density at radius 3 is 2.50 bits per heavy atom. The number of rotatable bonds is 5. The summed E-state index contributed by atoms with van der Waals surface area (Å²) in [4.78, 5) is 33.5. The molecule has 1 fully saturated rings. The van der Waals surface area contributed by atoms with Gasteiger partial charge in [-0.25, -0.2) is 9.79 Å². The van der Waals surface area contributed by atoms with E-state index in [1.54, 1.807) is 45.2 Å². The Hall–Kier alpha value is -3.06. The van der Waals surface area contributed by atoms with Crippen molar-refractivity contribution in [2.75, 3.05) is 26.0 Å². The molecule has 0 aromatic heterocycles. The van der Waals surface area contributed by atoms with E-state index in [4.69, 9.17) is 4.74 Å². The van der Waals surface area contributed by atoms with Gasteiger partial charge in [0.2, 0.25) is 0 Å². The average molecular weight is 424 g/mol. The predicted molar refractivity (Wildman–Crippen MR) is 123 cm³/mol. The molecule has 0 atom stereocenters. The summed E-state index contributed by atoms with van der Waals surface area (Å²) in [7, 11) is 5.67. The lowest BCUT2D eigenvalue weighted by atomic mass is 10.2. The number of benzene rings is 2. The third-order valence-corrected chi connectivity index (χ3v) is 5.42. The van der Waals surface area contributed by atoms with Gasteiger partial charge >= 0.3 is 5.97 Å². The quantitative estimate of drug-likeness (QED) is 0.521. The van der Waals surface area contributed by atoms with E-state index < -0.39 is 5.97 Å². The molecule has 0 N–H and O–H groups in total. The number of anilines is 1. The van der Waals surface area contributed by atoms with Crippen molar-refractivity contribution in [1.82, 2.24) is 4.90 Å². The fourth-order valence-electron chi connectivity index (χ4n) is 2.77. The Morgan fingerprint density at radius 2 is 1.87 bits per heavy atom. The van der Waals surface area contributed by atoms with Crippen LogP contribution in [0.25, 0.3) is 6.08 Å². The first kappa shape index (κ1) is 21.6. The van der Waals surface area contributed by atoms with Crippen LogP contribution in [0.15, 0.2) is 58.4 Å². The number of esters is 1. The van der Waals surface area contributed by atoms with Crippen molar-refractivity contribution in [2.45, 2.75) is 20.0 Å². The molecule has 1 heterocycles. The number of hydrogen-bond acceptors (Lipinski definition) is 6. The lowest BCUT2D eigenvalue weighted by molar-refractivity contribution is -0.121. The summed E-state index contributed by atoms with van der Waals surface area (Å²) in [5.41, 5.74) is 3.06. The van der Waals surface area contributed by atoms with Gasteiger partial charge in [0, 0.05) is 26.8 Å². The van der Waals surface area contributed by atoms with E-state index in [0.29, 0.717) is 21.3 Å². The molecule has 2 aromatic carbocycles. The van der Waals surface area contributed by atoms with Crippen LogP contribution >= 0.6 is 11.8 Å². The van der Waals surface area contributed by atoms with Gasteiger partial charge in [-0.2, -0.15) is 0 Å². The summed E-state index contributed by atoms with van der Waals surface area (Å²) in [6.07, 6.45) is 1.67. The molecule has 30 heavy (non-hydrogen) atoms. The number of amides is 1. The molecule has 0 radical (unpaired) electrons. The molecule has 7 heteroatoms. The van der Waals surface area contributed by atoms with E-state index in [1.165, 1.54) is 16.7 Å². The first-order valence-corrected chi connectivity index (χ1v) is 10.4. The highest BCUT2D eigenvalue weighted by Gasteiger charge is 2.30. The lowest BCUT2D eigenvalue weighted by Crippen LogP contribution is -2.23. The molecule has 0 bridgehead atoms. The summed E-state index contributed by atoms with van der Waals surface area (Å²) in [6, 6.07) is 14.9. The van der Waals surface area contributed by atoms with E-state index in [2.05, 4.69) is 4.99 Å². The molecule has 1 amide bonds. The number of hydrogen-bond donors (Lipinski definition) is 0. The van der Waals surface area contributed by atoms with Crippen molar-refractivity contribution >= 4 is 46.3 Å². The molecule has 1 aliphatic heterocycles. The number of aliphatic imine (C=N–C) groups is 1. The van der Waals surface area contributed by atoms with Gasteiger partial charge in [-0.1, -0.05) is 18.2 Å². The number of likely N-dealkylation sites (N-methyl/N-ethyl adjacent to an activating group) is 1. The average Bonchev–Trinajstić information content (AvgIpc) is 2.96. The summed E-state index contributed by atoms with van der Waals surface area (Å²) in [5.74, 6) is -0.497. The van der Waals surface area contributed by atoms with Crippen LogP contribution in [0.1, 0.15) is 29.8 Å². The highest BCUT2D eigenvalue weighted by molar-refractivity contribution is 8.18. The van der Waals surface area contributed by atoms with Crippen LogP contribution in [0.4, 0.5) is 11.4 Å². The molecule has 1 aliphatic rings. The van der Waals surface area contributed by atoms with Crippen molar-refractivity contribution in [3.63, 3.8) is 0 Å². The Bertz CT molecular complexity index is 1010. The van der Waals surface area contributed by atoms with Crippen molar-refractivity contribution < 1.29 is 14.3 Å². The van der Waals surface area contributed by atoms with Crippen LogP contribution in [0, 0.1) is 0 Å². The van der Waals surface area contributed by atoms with Crippen LogP contribution in [-0.4, -0.2) is 49.2 Å². The van der Waals surface area contributed by atoms with Gasteiger partial charge in [0.25, 0.3) is 5.91 Å². The second kappa shape index (κ2) is 9.17. The minimum atomic E-state index is -0.391. The maximum absolute atomic E-state index is 12.7. The number of ether oxygens (including phenoxy) is 1. The van der Waals surface area contributed by atoms with Crippen LogP contribution in [0.2, 0.25) is 0 Å². The third kappa shape index (κ3) is 5.10. The van der Waals surface area contributed by atoms with Gasteiger partial charge in [-0.15, -0.1) is 0 Å². The van der Waals surface area contributed by atoms with E-state index in [-0.39, 0.29) is 12.0 Å². The molecule has 0 saturated carbocycles. The monoisotopic (exact) mass is 423 g/mol. The van der Waals surface area contributed by atoms with Gasteiger partial charge in [0.1, 0.15) is 0 Å². The van der Waals surface area contributed by atoms with Gasteiger partial charge in [0.05, 0.1) is 22.3 Å². The Balaban J connectivity index is 1.82. The van der Waals surface area contributed by atoms with Gasteiger partial charge in [0.15, 0.2) is 5.17 Å². The first-order valence-electron chi connectivity index (χ1n) is 9.59. The summed E-state index contributed by atoms with van der Waals surface area (Å²) >= 11 is 1.31. The van der Waals surface area contributed by atoms with Crippen LogP contribution in [0.3, 0.4) is 0 Å². The van der Waals surface area contributed by atoms with Crippen molar-refractivity contribution in [2.24, 2.45) is 4.99 Å². The van der Waals surface area contributed by atoms with E-state index >= 15 is 0 Å². The fraction of sp³-hybridized carbons (Fsp3) is 0.261. The zero-order chi connectivity index (χ0) is 21.8. The van der Waals surface area contributed by atoms with Gasteiger partial charge < -0.3 is 9.64 Å². The molecule has 0 aliphatic carbocycles. The van der Waals surface area contributed by atoms with E-state index in [9.17, 15) is 9.59 Å². The third-order valence-electron chi connectivity index (χ3n) is 4.36. The molecule has 0 spiro atoms. The van der Waals surface area contributed by atoms with Crippen molar-refractivity contribution in [3.8, 4) is 0 Å². The van der Waals surface area contributed by atoms with Crippen LogP contribution in [-0.2, 0) is 9.53 Å². The number of thioether (sulfide) groups is 1. The molecule has 0 unspecified atom stereocenters. The van der Waals surface area contributed by atoms with Crippen molar-refractivity contribution in [1.29, 1.82) is 0 Å². The van der Waals surface area contributed by atoms with Crippen molar-refractivity contribution in [3.05, 3.63) is 64.6 Å². The second-order valence-corrected chi connectivity index (χ2v) is 8.37. The molecule has 6 nitrogen and oxygen atoms in total. The Morgan fingerprint density at radius 1 is 1.17 bits per heavy atom. The summed E-state index contributed by atoms with van der Waals surface area (Å²) in [6.45, 7) is 3.61. The Labute approximate surface area is 181 Å². The van der Waals surface area contributed by atoms with Crippen LogP contribution in [0.5, 0.6) is 0 Å². The largest absolute Gasteiger partial charge is 0.459 e. The first-order chi connectivity index (χ1) is 14.2. The van der Waals surface area contributed by atoms with Gasteiger partial charge in [-0.3, -0.25) is 9.69 Å². The molecule has 156 valence electrons. The molecular weight excluding hydrogens is 398 g/mol. The van der Waals surface area contributed by atoms with Crippen LogP contribution < -0.4 is 4.90 Å². The lowest BCUT2D eigenvalue weighted by Gasteiger charge is -2.11. The van der Waals surface area contributed by atoms with E-state index in [1.807, 2.05) is 49.3 Å². The summed E-state index contributed by atoms with van der Waals surface area (Å²) in [5, 5.41) is 0.561. The second-order valence-electron chi connectivity index (χ2n) is 7.36. The normalized spacial score (nSPS) is 16.6. The maximum atomic E-state index is 12.7.